The maximum atomic E-state index is 13.1. The Labute approximate surface area is 181 Å². The molecule has 0 aliphatic carbocycles. The third kappa shape index (κ3) is 3.50. The van der Waals surface area contributed by atoms with Gasteiger partial charge in [0.25, 0.3) is 5.91 Å². The molecule has 4 aromatic rings. The molecule has 0 spiro atoms. The highest BCUT2D eigenvalue weighted by atomic mass is 16.5. The Morgan fingerprint density at radius 1 is 1.03 bits per heavy atom. The summed E-state index contributed by atoms with van der Waals surface area (Å²) < 4.78 is 9.54. The van der Waals surface area contributed by atoms with Crippen LogP contribution in [0.25, 0.3) is 11.5 Å². The molecule has 0 fully saturated rings. The van der Waals surface area contributed by atoms with Gasteiger partial charge in [-0.05, 0) is 67.9 Å². The monoisotopic (exact) mass is 412 g/mol. The van der Waals surface area contributed by atoms with Gasteiger partial charge in [-0.3, -0.25) is 4.79 Å². The van der Waals surface area contributed by atoms with E-state index >= 15 is 0 Å². The molecule has 0 radical (unpaired) electrons. The van der Waals surface area contributed by atoms with E-state index in [-0.39, 0.29) is 5.91 Å². The molecule has 1 aliphatic heterocycles. The first-order chi connectivity index (χ1) is 15.1. The molecule has 6 heteroatoms. The number of nitrogens with zero attached hydrogens (tertiary/aromatic N) is 4. The topological polar surface area (TPSA) is 52.3 Å². The van der Waals surface area contributed by atoms with Crippen molar-refractivity contribution in [3.8, 4) is 17.3 Å². The van der Waals surface area contributed by atoms with Crippen LogP contribution in [-0.2, 0) is 13.1 Å². The van der Waals surface area contributed by atoms with Crippen molar-refractivity contribution in [2.45, 2.75) is 26.9 Å². The normalized spacial score (nSPS) is 12.8. The van der Waals surface area contributed by atoms with Gasteiger partial charge in [0, 0.05) is 23.5 Å². The largest absolute Gasteiger partial charge is 0.494 e. The molecule has 0 atom stereocenters. The summed E-state index contributed by atoms with van der Waals surface area (Å²) >= 11 is 0. The van der Waals surface area contributed by atoms with Crippen molar-refractivity contribution in [2.75, 3.05) is 6.61 Å². The molecule has 0 N–H and O–H groups in total. The summed E-state index contributed by atoms with van der Waals surface area (Å²) in [6, 6.07) is 19.6. The van der Waals surface area contributed by atoms with E-state index in [0.29, 0.717) is 25.3 Å². The van der Waals surface area contributed by atoms with Crippen molar-refractivity contribution < 1.29 is 9.53 Å². The number of benzene rings is 2. The predicted octanol–water partition coefficient (Wildman–Crippen LogP) is 4.53. The van der Waals surface area contributed by atoms with E-state index in [1.807, 2.05) is 71.4 Å². The maximum Gasteiger partial charge on any atom is 0.254 e. The Bertz CT molecular complexity index is 1220. The Balaban J connectivity index is 1.48. The molecule has 156 valence electrons. The minimum absolute atomic E-state index is 0.00149. The summed E-state index contributed by atoms with van der Waals surface area (Å²) in [5.41, 5.74) is 4.87. The van der Waals surface area contributed by atoms with Crippen LogP contribution in [-0.4, -0.2) is 31.8 Å². The Kier molecular flexibility index (Phi) is 4.82. The number of carbonyl (C=O) groups excluding carboxylic acids is 1. The van der Waals surface area contributed by atoms with Crippen LogP contribution >= 0.6 is 0 Å². The molecule has 2 aromatic heterocycles. The van der Waals surface area contributed by atoms with Crippen LogP contribution < -0.4 is 4.74 Å². The first-order valence-corrected chi connectivity index (χ1v) is 10.5. The Hall–Kier alpha value is -3.80. The van der Waals surface area contributed by atoms with Crippen LogP contribution in [0.5, 0.6) is 5.75 Å². The maximum absolute atomic E-state index is 13.1. The molecule has 0 unspecified atom stereocenters. The van der Waals surface area contributed by atoms with E-state index in [9.17, 15) is 4.79 Å². The number of hydrogen-bond donors (Lipinski definition) is 0. The summed E-state index contributed by atoms with van der Waals surface area (Å²) in [4.78, 5) is 15.0. The molecule has 6 nitrogen and oxygen atoms in total. The van der Waals surface area contributed by atoms with Crippen molar-refractivity contribution in [2.24, 2.45) is 0 Å². The molecule has 3 heterocycles. The van der Waals surface area contributed by atoms with Gasteiger partial charge >= 0.3 is 0 Å². The first-order valence-electron chi connectivity index (χ1n) is 10.5. The number of amides is 1. The average Bonchev–Trinajstić information content (AvgIpc) is 3.50. The number of aromatic nitrogens is 3. The second-order valence-electron chi connectivity index (χ2n) is 7.71. The van der Waals surface area contributed by atoms with Crippen LogP contribution in [0, 0.1) is 6.92 Å². The number of fused-ring (bicyclic) bond motifs is 1. The quantitative estimate of drug-likeness (QED) is 0.484. The lowest BCUT2D eigenvalue weighted by Crippen LogP contribution is -2.26. The highest BCUT2D eigenvalue weighted by Gasteiger charge is 2.31. The third-order valence-electron chi connectivity index (χ3n) is 5.52. The summed E-state index contributed by atoms with van der Waals surface area (Å²) in [7, 11) is 0. The highest BCUT2D eigenvalue weighted by molar-refractivity contribution is 5.94. The van der Waals surface area contributed by atoms with E-state index in [4.69, 9.17) is 9.84 Å². The van der Waals surface area contributed by atoms with E-state index in [1.165, 1.54) is 5.56 Å². The van der Waals surface area contributed by atoms with Gasteiger partial charge in [0.05, 0.1) is 31.1 Å². The van der Waals surface area contributed by atoms with Crippen molar-refractivity contribution in [3.05, 3.63) is 95.4 Å². The smallest absolute Gasteiger partial charge is 0.254 e. The molecule has 5 rings (SSSR count). The van der Waals surface area contributed by atoms with Gasteiger partial charge in [0.1, 0.15) is 11.6 Å². The van der Waals surface area contributed by atoms with Crippen LogP contribution in [0.2, 0.25) is 0 Å². The summed E-state index contributed by atoms with van der Waals surface area (Å²) in [6.45, 7) is 5.65. The molecule has 31 heavy (non-hydrogen) atoms. The number of aryl methyl sites for hydroxylation is 1. The fourth-order valence-electron chi connectivity index (χ4n) is 4.07. The van der Waals surface area contributed by atoms with Gasteiger partial charge in [-0.1, -0.05) is 12.1 Å². The average molecular weight is 412 g/mol. The van der Waals surface area contributed by atoms with Gasteiger partial charge < -0.3 is 14.2 Å². The summed E-state index contributed by atoms with van der Waals surface area (Å²) in [6.07, 6.45) is 4.03. The fourth-order valence-corrected chi connectivity index (χ4v) is 4.07. The highest BCUT2D eigenvalue weighted by Crippen LogP contribution is 2.31. The van der Waals surface area contributed by atoms with E-state index < -0.39 is 0 Å². The van der Waals surface area contributed by atoms with Crippen molar-refractivity contribution >= 4 is 5.91 Å². The number of hydrogen-bond acceptors (Lipinski definition) is 3. The molecule has 2 aromatic carbocycles. The molecule has 0 saturated heterocycles. The first kappa shape index (κ1) is 19.2. The van der Waals surface area contributed by atoms with E-state index in [2.05, 4.69) is 29.7 Å². The Morgan fingerprint density at radius 2 is 1.81 bits per heavy atom. The van der Waals surface area contributed by atoms with Gasteiger partial charge in [-0.2, -0.15) is 5.10 Å². The SMILES string of the molecule is CCOc1ccc(C(=O)N2Cc3nn(-c4cccc(C)c4)c(-n4cccc4)c3C2)cc1. The van der Waals surface area contributed by atoms with Gasteiger partial charge in [-0.25, -0.2) is 4.68 Å². The number of carbonyl (C=O) groups is 1. The molecular weight excluding hydrogens is 388 g/mol. The van der Waals surface area contributed by atoms with Crippen LogP contribution in [0.1, 0.15) is 34.1 Å². The zero-order valence-corrected chi connectivity index (χ0v) is 17.7. The van der Waals surface area contributed by atoms with Crippen molar-refractivity contribution in [3.63, 3.8) is 0 Å². The predicted molar refractivity (Wildman–Crippen MR) is 119 cm³/mol. The lowest BCUT2D eigenvalue weighted by molar-refractivity contribution is 0.0749. The Morgan fingerprint density at radius 3 is 2.52 bits per heavy atom. The second kappa shape index (κ2) is 7.80. The molecule has 1 amide bonds. The van der Waals surface area contributed by atoms with Crippen LogP contribution in [0.15, 0.2) is 73.1 Å². The standard InChI is InChI=1S/C25H24N4O2/c1-3-31-21-11-9-19(10-12-21)25(30)28-16-22-23(17-28)26-29(20-8-6-7-18(2)15-20)24(22)27-13-4-5-14-27/h4-15H,3,16-17H2,1-2H3. The van der Waals surface area contributed by atoms with E-state index in [1.54, 1.807) is 0 Å². The molecule has 1 aliphatic rings. The minimum Gasteiger partial charge on any atom is -0.494 e. The van der Waals surface area contributed by atoms with Gasteiger partial charge in [0.2, 0.25) is 0 Å². The summed E-state index contributed by atoms with van der Waals surface area (Å²) in [5.74, 6) is 1.75. The van der Waals surface area contributed by atoms with E-state index in [0.717, 1.165) is 28.5 Å². The lowest BCUT2D eigenvalue weighted by Gasteiger charge is -2.18. The number of ether oxygens (including phenoxy) is 1. The third-order valence-corrected chi connectivity index (χ3v) is 5.52. The minimum atomic E-state index is 0.00149. The van der Waals surface area contributed by atoms with Crippen LogP contribution in [0.4, 0.5) is 0 Å². The zero-order chi connectivity index (χ0) is 21.4. The summed E-state index contributed by atoms with van der Waals surface area (Å²) in [5, 5.41) is 4.90. The fraction of sp³-hybridized carbons (Fsp3) is 0.200. The number of rotatable bonds is 5. The van der Waals surface area contributed by atoms with Crippen molar-refractivity contribution in [1.29, 1.82) is 0 Å². The van der Waals surface area contributed by atoms with Gasteiger partial charge in [-0.15, -0.1) is 0 Å². The molecule has 0 bridgehead atoms. The van der Waals surface area contributed by atoms with Gasteiger partial charge in [0.15, 0.2) is 0 Å². The zero-order valence-electron chi connectivity index (χ0n) is 17.7. The second-order valence-corrected chi connectivity index (χ2v) is 7.71. The molecule has 0 saturated carbocycles. The molecular formula is C25H24N4O2. The van der Waals surface area contributed by atoms with Crippen molar-refractivity contribution in [1.82, 2.24) is 19.2 Å². The van der Waals surface area contributed by atoms with Crippen LogP contribution in [0.3, 0.4) is 0 Å². The lowest BCUT2D eigenvalue weighted by atomic mass is 10.2.